The Morgan fingerprint density at radius 2 is 1.79 bits per heavy atom. The summed E-state index contributed by atoms with van der Waals surface area (Å²) in [5, 5.41) is 0. The van der Waals surface area contributed by atoms with Crippen molar-refractivity contribution in [1.29, 1.82) is 0 Å². The third kappa shape index (κ3) is 3.42. The van der Waals surface area contributed by atoms with Crippen LogP contribution in [0.3, 0.4) is 0 Å². The molecule has 5 rings (SSSR count). The lowest BCUT2D eigenvalue weighted by Crippen LogP contribution is -3.10. The van der Waals surface area contributed by atoms with E-state index in [0.717, 1.165) is 63.0 Å². The van der Waals surface area contributed by atoms with Crippen molar-refractivity contribution in [2.45, 2.75) is 44.7 Å². The predicted molar refractivity (Wildman–Crippen MR) is 113 cm³/mol. The molecule has 2 aliphatic carbocycles. The maximum atomic E-state index is 13.6. The molecule has 4 aliphatic rings. The van der Waals surface area contributed by atoms with Crippen molar-refractivity contribution in [2.24, 2.45) is 15.9 Å². The van der Waals surface area contributed by atoms with Crippen LogP contribution in [0.2, 0.25) is 0 Å². The highest BCUT2D eigenvalue weighted by Crippen LogP contribution is 2.31. The van der Waals surface area contributed by atoms with Crippen LogP contribution in [-0.4, -0.2) is 30.8 Å². The molecule has 3 nitrogen and oxygen atoms in total. The van der Waals surface area contributed by atoms with E-state index < -0.39 is 6.17 Å². The van der Waals surface area contributed by atoms with E-state index in [1.54, 1.807) is 0 Å². The Bertz CT molecular complexity index is 914. The molecule has 1 saturated carbocycles. The Kier molecular flexibility index (Phi) is 4.81. The van der Waals surface area contributed by atoms with Gasteiger partial charge in [-0.05, 0) is 56.2 Å². The Morgan fingerprint density at radius 1 is 1.00 bits per heavy atom. The third-order valence-electron chi connectivity index (χ3n) is 6.44. The molecule has 0 amide bonds. The van der Waals surface area contributed by atoms with E-state index in [1.807, 2.05) is 0 Å². The summed E-state index contributed by atoms with van der Waals surface area (Å²) >= 11 is 0. The fourth-order valence-corrected chi connectivity index (χ4v) is 4.85. The number of fused-ring (bicyclic) bond motifs is 1. The first-order valence-electron chi connectivity index (χ1n) is 10.6. The summed E-state index contributed by atoms with van der Waals surface area (Å²) in [7, 11) is 0. The number of amidine groups is 1. The minimum Gasteiger partial charge on any atom is -0.281 e. The molecule has 28 heavy (non-hydrogen) atoms. The number of nitrogens with zero attached hydrogens (tertiary/aromatic N) is 2. The van der Waals surface area contributed by atoms with Gasteiger partial charge in [0.15, 0.2) is 5.69 Å². The Morgan fingerprint density at radius 3 is 2.54 bits per heavy atom. The minimum absolute atomic E-state index is 0.576. The molecule has 1 atom stereocenters. The van der Waals surface area contributed by atoms with Crippen LogP contribution < -0.4 is 4.90 Å². The van der Waals surface area contributed by atoms with Crippen LogP contribution in [0.15, 0.2) is 69.7 Å². The van der Waals surface area contributed by atoms with Crippen molar-refractivity contribution in [3.05, 3.63) is 59.7 Å². The van der Waals surface area contributed by atoms with Crippen molar-refractivity contribution < 1.29 is 9.29 Å². The minimum atomic E-state index is -0.595. The number of allylic oxidation sites excluding steroid dienone is 4. The average molecular weight is 376 g/mol. The number of hydrogen-bond acceptors (Lipinski definition) is 2. The Balaban J connectivity index is 1.40. The normalized spacial score (nSPS) is 29.1. The molecule has 4 heteroatoms. The molecule has 1 unspecified atom stereocenters. The molecule has 2 heterocycles. The van der Waals surface area contributed by atoms with Gasteiger partial charge in [0.1, 0.15) is 11.9 Å². The second kappa shape index (κ2) is 7.59. The van der Waals surface area contributed by atoms with E-state index in [1.165, 1.54) is 27.6 Å². The summed E-state index contributed by atoms with van der Waals surface area (Å²) in [4.78, 5) is 11.0. The van der Waals surface area contributed by atoms with Crippen molar-refractivity contribution in [3.63, 3.8) is 0 Å². The van der Waals surface area contributed by atoms with Crippen molar-refractivity contribution in [2.75, 3.05) is 13.1 Å². The summed E-state index contributed by atoms with van der Waals surface area (Å²) in [6.45, 7) is 1.83. The monoisotopic (exact) mass is 376 g/mol. The Labute approximate surface area is 166 Å². The summed E-state index contributed by atoms with van der Waals surface area (Å²) in [6, 6.07) is 8.48. The van der Waals surface area contributed by atoms with E-state index in [2.05, 4.69) is 53.6 Å². The molecular formula is C24H27FN3+. The maximum absolute atomic E-state index is 13.6. The van der Waals surface area contributed by atoms with E-state index in [9.17, 15) is 4.39 Å². The highest BCUT2D eigenvalue weighted by Gasteiger charge is 2.35. The maximum Gasteiger partial charge on any atom is 0.235 e. The molecule has 1 fully saturated rings. The van der Waals surface area contributed by atoms with E-state index in [-0.39, 0.29) is 0 Å². The fourth-order valence-electron chi connectivity index (χ4n) is 4.85. The molecular weight excluding hydrogens is 349 g/mol. The lowest BCUT2D eigenvalue weighted by Gasteiger charge is -2.27. The van der Waals surface area contributed by atoms with Gasteiger partial charge in [0.25, 0.3) is 0 Å². The van der Waals surface area contributed by atoms with Gasteiger partial charge in [0, 0.05) is 17.6 Å². The summed E-state index contributed by atoms with van der Waals surface area (Å²) in [5.74, 6) is 1.74. The van der Waals surface area contributed by atoms with Gasteiger partial charge in [-0.2, -0.15) is 4.99 Å². The van der Waals surface area contributed by atoms with Gasteiger partial charge in [-0.25, -0.2) is 4.39 Å². The van der Waals surface area contributed by atoms with Crippen molar-refractivity contribution >= 4 is 22.9 Å². The van der Waals surface area contributed by atoms with E-state index in [4.69, 9.17) is 4.99 Å². The van der Waals surface area contributed by atoms with Gasteiger partial charge in [-0.15, -0.1) is 0 Å². The van der Waals surface area contributed by atoms with Gasteiger partial charge in [0.05, 0.1) is 18.8 Å². The molecule has 1 N–H and O–H groups in total. The first kappa shape index (κ1) is 17.7. The number of para-hydroxylation sites is 2. The van der Waals surface area contributed by atoms with Crippen LogP contribution in [0.25, 0.3) is 0 Å². The van der Waals surface area contributed by atoms with E-state index >= 15 is 0 Å². The van der Waals surface area contributed by atoms with Crippen LogP contribution in [0.1, 0.15) is 38.5 Å². The Hall–Kier alpha value is -2.33. The van der Waals surface area contributed by atoms with Gasteiger partial charge in [0.2, 0.25) is 5.84 Å². The first-order valence-corrected chi connectivity index (χ1v) is 10.6. The molecule has 144 valence electrons. The van der Waals surface area contributed by atoms with E-state index in [0.29, 0.717) is 5.92 Å². The number of alkyl halides is 1. The number of aliphatic imine (C=N–C) groups is 2. The second-order valence-corrected chi connectivity index (χ2v) is 8.29. The number of nitrogens with one attached hydrogen (secondary N) is 1. The quantitative estimate of drug-likeness (QED) is 0.805. The average Bonchev–Trinajstić information content (AvgIpc) is 3.39. The lowest BCUT2D eigenvalue weighted by molar-refractivity contribution is -0.733. The number of quaternary nitrogens is 1. The zero-order chi connectivity index (χ0) is 18.9. The SMILES string of the molecule is FC1CCC(C[NH+]2C(C3=CC=C(C4=NCC=C4)CC3)=Nc3ccccc32)CC1. The number of rotatable bonds is 4. The van der Waals surface area contributed by atoms with Gasteiger partial charge in [-0.3, -0.25) is 9.89 Å². The van der Waals surface area contributed by atoms with Gasteiger partial charge >= 0.3 is 0 Å². The highest BCUT2D eigenvalue weighted by atomic mass is 19.1. The molecule has 1 aromatic rings. The largest absolute Gasteiger partial charge is 0.281 e. The molecule has 0 spiro atoms. The zero-order valence-electron chi connectivity index (χ0n) is 16.2. The summed E-state index contributed by atoms with van der Waals surface area (Å²) < 4.78 is 13.6. The molecule has 2 aliphatic heterocycles. The first-order chi connectivity index (χ1) is 13.8. The molecule has 0 saturated heterocycles. The van der Waals surface area contributed by atoms with Crippen LogP contribution in [0.5, 0.6) is 0 Å². The van der Waals surface area contributed by atoms with Crippen molar-refractivity contribution in [1.82, 2.24) is 0 Å². The smallest absolute Gasteiger partial charge is 0.235 e. The third-order valence-corrected chi connectivity index (χ3v) is 6.44. The molecule has 0 bridgehead atoms. The summed E-state index contributed by atoms with van der Waals surface area (Å²) in [5.41, 5.74) is 6.16. The van der Waals surface area contributed by atoms with Crippen LogP contribution in [0, 0.1) is 5.92 Å². The molecule has 1 aromatic carbocycles. The van der Waals surface area contributed by atoms with Crippen LogP contribution in [-0.2, 0) is 0 Å². The zero-order valence-corrected chi connectivity index (χ0v) is 16.2. The fraction of sp³-hybridized carbons (Fsp3) is 0.417. The standard InChI is InChI=1S/C24H26FN3/c25-20-13-7-17(8-14-20)16-28-23-6-2-1-4-22(23)27-24(28)19-11-9-18(10-12-19)21-5-3-15-26-21/h1-6,9,11,17,20H,7-8,10,12-16H2/p+1. The number of hydrogen-bond donors (Lipinski definition) is 1. The topological polar surface area (TPSA) is 29.2 Å². The second-order valence-electron chi connectivity index (χ2n) is 8.29. The van der Waals surface area contributed by atoms with Gasteiger partial charge in [-0.1, -0.05) is 30.4 Å². The van der Waals surface area contributed by atoms with Crippen LogP contribution >= 0.6 is 0 Å². The van der Waals surface area contributed by atoms with Gasteiger partial charge < -0.3 is 0 Å². The highest BCUT2D eigenvalue weighted by molar-refractivity contribution is 6.10. The lowest BCUT2D eigenvalue weighted by atomic mass is 9.87. The number of benzene rings is 1. The van der Waals surface area contributed by atoms with Crippen LogP contribution in [0.4, 0.5) is 15.8 Å². The van der Waals surface area contributed by atoms with Crippen molar-refractivity contribution in [3.8, 4) is 0 Å². The molecule has 0 radical (unpaired) electrons. The predicted octanol–water partition coefficient (Wildman–Crippen LogP) is 4.43. The summed E-state index contributed by atoms with van der Waals surface area (Å²) in [6.07, 6.45) is 13.6. The number of halogens is 1. The molecule has 0 aromatic heterocycles.